The molecule has 1 rings (SSSR count). The molecule has 0 saturated carbocycles. The van der Waals surface area contributed by atoms with Gasteiger partial charge in [-0.3, -0.25) is 4.79 Å². The van der Waals surface area contributed by atoms with Gasteiger partial charge in [0.05, 0.1) is 5.92 Å². The Morgan fingerprint density at radius 3 is 2.47 bits per heavy atom. The van der Waals surface area contributed by atoms with Gasteiger partial charge in [0.2, 0.25) is 5.91 Å². The largest absolute Gasteiger partial charge is 0.359 e. The number of anilines is 1. The molecule has 0 aliphatic heterocycles. The molecule has 15 heavy (non-hydrogen) atoms. The van der Waals surface area contributed by atoms with Crippen molar-refractivity contribution in [2.75, 3.05) is 5.32 Å². The third kappa shape index (κ3) is 2.56. The van der Waals surface area contributed by atoms with Gasteiger partial charge < -0.3 is 15.6 Å². The van der Waals surface area contributed by atoms with Crippen molar-refractivity contribution in [3.63, 3.8) is 0 Å². The van der Waals surface area contributed by atoms with Crippen molar-refractivity contribution in [2.24, 2.45) is 11.7 Å². The highest BCUT2D eigenvalue weighted by Gasteiger charge is 2.19. The molecule has 0 bridgehead atoms. The van der Waals surface area contributed by atoms with Gasteiger partial charge in [0.25, 0.3) is 0 Å². The van der Waals surface area contributed by atoms with Crippen LogP contribution in [0.3, 0.4) is 0 Å². The summed E-state index contributed by atoms with van der Waals surface area (Å²) in [4.78, 5) is 11.7. The first-order valence-corrected chi connectivity index (χ1v) is 4.92. The minimum atomic E-state index is -0.237. The molecule has 5 nitrogen and oxygen atoms in total. The highest BCUT2D eigenvalue weighted by atomic mass is 16.5. The fraction of sp³-hybridized carbons (Fsp3) is 0.600. The molecule has 1 heterocycles. The first-order chi connectivity index (χ1) is 6.93. The number of hydrogen-bond acceptors (Lipinski definition) is 4. The molecule has 0 aliphatic rings. The van der Waals surface area contributed by atoms with E-state index in [0.29, 0.717) is 17.1 Å². The fourth-order valence-electron chi connectivity index (χ4n) is 1.14. The summed E-state index contributed by atoms with van der Waals surface area (Å²) in [6.07, 6.45) is 0. The minimum absolute atomic E-state index is 0.112. The molecule has 0 fully saturated rings. The Labute approximate surface area is 89.0 Å². The summed E-state index contributed by atoms with van der Waals surface area (Å²) in [5.74, 6) is 0.260. The van der Waals surface area contributed by atoms with Gasteiger partial charge in [-0.15, -0.1) is 0 Å². The number of rotatable bonds is 3. The second kappa shape index (κ2) is 4.44. The Morgan fingerprint density at radius 2 is 2.07 bits per heavy atom. The van der Waals surface area contributed by atoms with E-state index in [1.54, 1.807) is 27.7 Å². The van der Waals surface area contributed by atoms with Gasteiger partial charge in [0.15, 0.2) is 5.76 Å². The van der Waals surface area contributed by atoms with Crippen LogP contribution in [-0.4, -0.2) is 17.1 Å². The lowest BCUT2D eigenvalue weighted by Gasteiger charge is -2.14. The predicted molar refractivity (Wildman–Crippen MR) is 57.4 cm³/mol. The molecule has 84 valence electrons. The van der Waals surface area contributed by atoms with Crippen molar-refractivity contribution < 1.29 is 9.32 Å². The summed E-state index contributed by atoms with van der Waals surface area (Å²) in [7, 11) is 0. The van der Waals surface area contributed by atoms with Crippen LogP contribution in [0.15, 0.2) is 4.52 Å². The zero-order chi connectivity index (χ0) is 11.6. The number of aryl methyl sites for hydroxylation is 2. The van der Waals surface area contributed by atoms with Gasteiger partial charge in [-0.1, -0.05) is 12.1 Å². The van der Waals surface area contributed by atoms with Crippen LogP contribution in [0.2, 0.25) is 0 Å². The lowest BCUT2D eigenvalue weighted by atomic mass is 10.0. The van der Waals surface area contributed by atoms with E-state index in [0.717, 1.165) is 0 Å². The summed E-state index contributed by atoms with van der Waals surface area (Å²) < 4.78 is 4.94. The van der Waals surface area contributed by atoms with E-state index < -0.39 is 0 Å². The van der Waals surface area contributed by atoms with Crippen LogP contribution in [0.5, 0.6) is 0 Å². The lowest BCUT2D eigenvalue weighted by Crippen LogP contribution is -2.34. The van der Waals surface area contributed by atoms with E-state index in [-0.39, 0.29) is 17.9 Å². The van der Waals surface area contributed by atoms with Crippen LogP contribution >= 0.6 is 0 Å². The number of nitrogens with one attached hydrogen (secondary N) is 1. The van der Waals surface area contributed by atoms with Gasteiger partial charge >= 0.3 is 0 Å². The van der Waals surface area contributed by atoms with Crippen molar-refractivity contribution in [1.29, 1.82) is 0 Å². The minimum Gasteiger partial charge on any atom is -0.359 e. The number of amides is 1. The molecule has 1 aromatic heterocycles. The van der Waals surface area contributed by atoms with Crippen LogP contribution < -0.4 is 11.1 Å². The number of aromatic nitrogens is 1. The van der Waals surface area contributed by atoms with E-state index in [4.69, 9.17) is 10.3 Å². The molecule has 0 aromatic carbocycles. The lowest BCUT2D eigenvalue weighted by molar-refractivity contribution is -0.119. The zero-order valence-electron chi connectivity index (χ0n) is 9.50. The van der Waals surface area contributed by atoms with Gasteiger partial charge in [-0.05, 0) is 20.8 Å². The average molecular weight is 211 g/mol. The van der Waals surface area contributed by atoms with Gasteiger partial charge in [-0.25, -0.2) is 0 Å². The molecule has 2 unspecified atom stereocenters. The van der Waals surface area contributed by atoms with Crippen molar-refractivity contribution >= 4 is 11.6 Å². The maximum atomic E-state index is 11.7. The first-order valence-electron chi connectivity index (χ1n) is 4.92. The third-order valence-electron chi connectivity index (χ3n) is 2.48. The number of carbonyl (C=O) groups is 1. The Balaban J connectivity index is 2.75. The van der Waals surface area contributed by atoms with E-state index >= 15 is 0 Å². The van der Waals surface area contributed by atoms with Crippen molar-refractivity contribution in [3.8, 4) is 0 Å². The fourth-order valence-corrected chi connectivity index (χ4v) is 1.14. The molecule has 0 saturated heterocycles. The highest BCUT2D eigenvalue weighted by molar-refractivity contribution is 5.93. The molecule has 5 heteroatoms. The van der Waals surface area contributed by atoms with E-state index in [9.17, 15) is 4.79 Å². The molecule has 1 aromatic rings. The van der Waals surface area contributed by atoms with Gasteiger partial charge in [0, 0.05) is 6.04 Å². The molecule has 0 radical (unpaired) electrons. The molecular formula is C10H17N3O2. The zero-order valence-corrected chi connectivity index (χ0v) is 9.50. The first kappa shape index (κ1) is 11.7. The molecule has 1 amide bonds. The smallest absolute Gasteiger partial charge is 0.228 e. The Kier molecular flexibility index (Phi) is 3.47. The van der Waals surface area contributed by atoms with Gasteiger partial charge in [0.1, 0.15) is 11.4 Å². The summed E-state index contributed by atoms with van der Waals surface area (Å²) in [6.45, 7) is 7.13. The molecule has 0 aliphatic carbocycles. The van der Waals surface area contributed by atoms with E-state index in [1.165, 1.54) is 0 Å². The third-order valence-corrected chi connectivity index (χ3v) is 2.48. The molecular weight excluding hydrogens is 194 g/mol. The topological polar surface area (TPSA) is 81.2 Å². The second-order valence-electron chi connectivity index (χ2n) is 3.84. The van der Waals surface area contributed by atoms with Crippen LogP contribution in [0.1, 0.15) is 25.3 Å². The quantitative estimate of drug-likeness (QED) is 0.787. The Morgan fingerprint density at radius 1 is 1.47 bits per heavy atom. The van der Waals surface area contributed by atoms with E-state index in [2.05, 4.69) is 10.5 Å². The molecule has 3 N–H and O–H groups in total. The van der Waals surface area contributed by atoms with E-state index in [1.807, 2.05) is 0 Å². The normalized spacial score (nSPS) is 14.7. The van der Waals surface area contributed by atoms with Gasteiger partial charge in [-0.2, -0.15) is 0 Å². The van der Waals surface area contributed by atoms with Crippen LogP contribution in [0.4, 0.5) is 5.69 Å². The van der Waals surface area contributed by atoms with Crippen molar-refractivity contribution in [2.45, 2.75) is 33.7 Å². The monoisotopic (exact) mass is 211 g/mol. The number of hydrogen-bond donors (Lipinski definition) is 2. The number of nitrogens with two attached hydrogens (primary N) is 1. The average Bonchev–Trinajstić information content (AvgIpc) is 2.47. The summed E-state index contributed by atoms with van der Waals surface area (Å²) in [6, 6.07) is -0.175. The SMILES string of the molecule is Cc1noc(C)c1NC(=O)C(C)C(C)N. The van der Waals surface area contributed by atoms with Crippen molar-refractivity contribution in [3.05, 3.63) is 11.5 Å². The molecule has 0 spiro atoms. The summed E-state index contributed by atoms with van der Waals surface area (Å²) >= 11 is 0. The Hall–Kier alpha value is -1.36. The van der Waals surface area contributed by atoms with Crippen LogP contribution in [0, 0.1) is 19.8 Å². The predicted octanol–water partition coefficient (Wildman–Crippen LogP) is 1.21. The number of carbonyl (C=O) groups excluding carboxylic acids is 1. The van der Waals surface area contributed by atoms with Crippen molar-refractivity contribution in [1.82, 2.24) is 5.16 Å². The second-order valence-corrected chi connectivity index (χ2v) is 3.84. The maximum Gasteiger partial charge on any atom is 0.228 e. The standard InChI is InChI=1S/C10H17N3O2/c1-5(6(2)11)10(14)12-9-7(3)13-15-8(9)4/h5-6H,11H2,1-4H3,(H,12,14). The Bertz CT molecular complexity index is 338. The number of nitrogens with zero attached hydrogens (tertiary/aromatic N) is 1. The highest BCUT2D eigenvalue weighted by Crippen LogP contribution is 2.19. The van der Waals surface area contributed by atoms with Crippen LogP contribution in [-0.2, 0) is 4.79 Å². The maximum absolute atomic E-state index is 11.7. The van der Waals surface area contributed by atoms with Crippen LogP contribution in [0.25, 0.3) is 0 Å². The summed E-state index contributed by atoms with van der Waals surface area (Å²) in [5, 5.41) is 6.52. The summed E-state index contributed by atoms with van der Waals surface area (Å²) in [5.41, 5.74) is 6.97. The molecule has 2 atom stereocenters.